The van der Waals surface area contributed by atoms with Crippen LogP contribution in [0.1, 0.15) is 35.8 Å². The van der Waals surface area contributed by atoms with Gasteiger partial charge in [-0.1, -0.05) is 30.3 Å². The van der Waals surface area contributed by atoms with E-state index in [1.54, 1.807) is 4.90 Å². The molecule has 0 spiro atoms. The Hall–Kier alpha value is -2.73. The molecule has 1 heterocycles. The van der Waals surface area contributed by atoms with Crippen molar-refractivity contribution in [3.63, 3.8) is 0 Å². The van der Waals surface area contributed by atoms with Gasteiger partial charge >= 0.3 is 0 Å². The van der Waals surface area contributed by atoms with Crippen LogP contribution in [0.5, 0.6) is 0 Å². The molecule has 0 aliphatic carbocycles. The highest BCUT2D eigenvalue weighted by molar-refractivity contribution is 5.94. The summed E-state index contributed by atoms with van der Waals surface area (Å²) in [5.41, 5.74) is 1.46. The van der Waals surface area contributed by atoms with Gasteiger partial charge in [0.2, 0.25) is 5.91 Å². The first kappa shape index (κ1) is 21.0. The topological polar surface area (TPSA) is 43.9 Å². The van der Waals surface area contributed by atoms with Gasteiger partial charge in [-0.15, -0.1) is 0 Å². The van der Waals surface area contributed by atoms with Gasteiger partial charge in [0.25, 0.3) is 5.91 Å². The molecule has 1 fully saturated rings. The average molecular weight is 397 g/mol. The number of likely N-dealkylation sites (N-methyl/N-ethyl adjacent to an activating group) is 1. The number of halogens is 1. The molecule has 1 atom stereocenters. The number of carbonyl (C=O) groups is 2. The van der Waals surface area contributed by atoms with E-state index in [9.17, 15) is 14.0 Å². The molecule has 2 aromatic rings. The fourth-order valence-corrected chi connectivity index (χ4v) is 3.81. The fraction of sp³-hybridized carbons (Fsp3) is 0.391. The lowest BCUT2D eigenvalue weighted by Gasteiger charge is -2.40. The Bertz CT molecular complexity index is 814. The van der Waals surface area contributed by atoms with Crippen molar-refractivity contribution < 1.29 is 14.0 Å². The quantitative estimate of drug-likeness (QED) is 0.752. The SMILES string of the molecule is CCN(CC)C(=O)C(c1ccccc1)N1CCN(C(=O)c2ccc(F)cc2)CC1. The molecule has 0 aromatic heterocycles. The Morgan fingerprint density at radius 2 is 1.52 bits per heavy atom. The molecule has 6 heteroatoms. The van der Waals surface area contributed by atoms with Crippen molar-refractivity contribution in [2.45, 2.75) is 19.9 Å². The summed E-state index contributed by atoms with van der Waals surface area (Å²) >= 11 is 0. The lowest BCUT2D eigenvalue weighted by atomic mass is 10.0. The highest BCUT2D eigenvalue weighted by atomic mass is 19.1. The van der Waals surface area contributed by atoms with E-state index in [0.29, 0.717) is 44.8 Å². The normalized spacial score (nSPS) is 15.8. The van der Waals surface area contributed by atoms with Gasteiger partial charge in [-0.25, -0.2) is 4.39 Å². The first-order valence-electron chi connectivity index (χ1n) is 10.2. The number of benzene rings is 2. The predicted molar refractivity (Wildman–Crippen MR) is 111 cm³/mol. The van der Waals surface area contributed by atoms with Crippen molar-refractivity contribution in [3.05, 3.63) is 71.5 Å². The van der Waals surface area contributed by atoms with Crippen LogP contribution in [0.25, 0.3) is 0 Å². The van der Waals surface area contributed by atoms with Gasteiger partial charge in [0, 0.05) is 44.8 Å². The number of nitrogens with zero attached hydrogens (tertiary/aromatic N) is 3. The lowest BCUT2D eigenvalue weighted by molar-refractivity contribution is -0.137. The Morgan fingerprint density at radius 3 is 2.07 bits per heavy atom. The van der Waals surface area contributed by atoms with Crippen molar-refractivity contribution in [3.8, 4) is 0 Å². The zero-order valence-electron chi connectivity index (χ0n) is 17.1. The average Bonchev–Trinajstić information content (AvgIpc) is 2.76. The smallest absolute Gasteiger partial charge is 0.253 e. The predicted octanol–water partition coefficient (Wildman–Crippen LogP) is 3.19. The van der Waals surface area contributed by atoms with Crippen molar-refractivity contribution >= 4 is 11.8 Å². The minimum Gasteiger partial charge on any atom is -0.342 e. The van der Waals surface area contributed by atoms with Crippen molar-refractivity contribution in [2.75, 3.05) is 39.3 Å². The van der Waals surface area contributed by atoms with Crippen LogP contribution in [0.4, 0.5) is 4.39 Å². The van der Waals surface area contributed by atoms with Crippen molar-refractivity contribution in [2.24, 2.45) is 0 Å². The van der Waals surface area contributed by atoms with E-state index in [1.165, 1.54) is 24.3 Å². The molecule has 154 valence electrons. The number of hydrogen-bond acceptors (Lipinski definition) is 3. The van der Waals surface area contributed by atoms with Gasteiger partial charge in [-0.2, -0.15) is 0 Å². The molecule has 2 aromatic carbocycles. The van der Waals surface area contributed by atoms with Crippen LogP contribution in [0.15, 0.2) is 54.6 Å². The van der Waals surface area contributed by atoms with Gasteiger partial charge < -0.3 is 9.80 Å². The number of piperazine rings is 1. The summed E-state index contributed by atoms with van der Waals surface area (Å²) in [5, 5.41) is 0. The summed E-state index contributed by atoms with van der Waals surface area (Å²) in [4.78, 5) is 31.7. The Kier molecular flexibility index (Phi) is 6.99. The van der Waals surface area contributed by atoms with Crippen LogP contribution in [0.3, 0.4) is 0 Å². The minimum atomic E-state index is -0.355. The van der Waals surface area contributed by atoms with Crippen molar-refractivity contribution in [1.82, 2.24) is 14.7 Å². The number of carbonyl (C=O) groups excluding carboxylic acids is 2. The fourth-order valence-electron chi connectivity index (χ4n) is 3.81. The molecule has 0 saturated carbocycles. The van der Waals surface area contributed by atoms with Crippen LogP contribution in [-0.2, 0) is 4.79 Å². The van der Waals surface area contributed by atoms with Crippen LogP contribution in [-0.4, -0.2) is 65.8 Å². The van der Waals surface area contributed by atoms with Gasteiger partial charge in [-0.05, 0) is 43.7 Å². The van der Waals surface area contributed by atoms with E-state index >= 15 is 0 Å². The zero-order chi connectivity index (χ0) is 20.8. The Balaban J connectivity index is 1.73. The molecule has 0 radical (unpaired) electrons. The molecule has 29 heavy (non-hydrogen) atoms. The summed E-state index contributed by atoms with van der Waals surface area (Å²) in [6.07, 6.45) is 0. The van der Waals surface area contributed by atoms with Crippen LogP contribution in [0.2, 0.25) is 0 Å². The minimum absolute atomic E-state index is 0.0968. The third-order valence-corrected chi connectivity index (χ3v) is 5.48. The third kappa shape index (κ3) is 4.82. The second-order valence-corrected chi connectivity index (χ2v) is 7.16. The summed E-state index contributed by atoms with van der Waals surface area (Å²) < 4.78 is 13.1. The standard InChI is InChI=1S/C23H28FN3O2/c1-3-25(4-2)23(29)21(18-8-6-5-7-9-18)26-14-16-27(17-15-26)22(28)19-10-12-20(24)13-11-19/h5-13,21H,3-4,14-17H2,1-2H3. The van der Waals surface area contributed by atoms with E-state index in [0.717, 1.165) is 5.56 Å². The molecular formula is C23H28FN3O2. The Labute approximate surface area is 171 Å². The first-order valence-corrected chi connectivity index (χ1v) is 10.2. The van der Waals surface area contributed by atoms with E-state index in [1.807, 2.05) is 49.1 Å². The monoisotopic (exact) mass is 397 g/mol. The molecule has 1 aliphatic rings. The highest BCUT2D eigenvalue weighted by Gasteiger charge is 2.33. The third-order valence-electron chi connectivity index (χ3n) is 5.48. The molecule has 1 aliphatic heterocycles. The molecule has 3 rings (SSSR count). The van der Waals surface area contributed by atoms with E-state index in [4.69, 9.17) is 0 Å². The number of amides is 2. The summed E-state index contributed by atoms with van der Waals surface area (Å²) in [6, 6.07) is 15.1. The summed E-state index contributed by atoms with van der Waals surface area (Å²) in [6.45, 7) is 7.60. The molecule has 1 unspecified atom stereocenters. The summed E-state index contributed by atoms with van der Waals surface area (Å²) in [5.74, 6) is -0.359. The van der Waals surface area contributed by atoms with E-state index in [-0.39, 0.29) is 23.7 Å². The van der Waals surface area contributed by atoms with Crippen LogP contribution in [0, 0.1) is 5.82 Å². The van der Waals surface area contributed by atoms with Gasteiger partial charge in [0.15, 0.2) is 0 Å². The molecule has 1 saturated heterocycles. The molecule has 2 amide bonds. The maximum Gasteiger partial charge on any atom is 0.253 e. The van der Waals surface area contributed by atoms with Gasteiger partial charge in [-0.3, -0.25) is 14.5 Å². The molecule has 5 nitrogen and oxygen atoms in total. The maximum atomic E-state index is 13.2. The number of hydrogen-bond donors (Lipinski definition) is 0. The zero-order valence-corrected chi connectivity index (χ0v) is 17.1. The second kappa shape index (κ2) is 9.65. The maximum absolute atomic E-state index is 13.2. The number of rotatable bonds is 6. The second-order valence-electron chi connectivity index (χ2n) is 7.16. The first-order chi connectivity index (χ1) is 14.0. The van der Waals surface area contributed by atoms with Crippen LogP contribution >= 0.6 is 0 Å². The largest absolute Gasteiger partial charge is 0.342 e. The molecular weight excluding hydrogens is 369 g/mol. The molecule has 0 N–H and O–H groups in total. The molecule has 0 bridgehead atoms. The highest BCUT2D eigenvalue weighted by Crippen LogP contribution is 2.25. The van der Waals surface area contributed by atoms with Gasteiger partial charge in [0.05, 0.1) is 0 Å². The van der Waals surface area contributed by atoms with E-state index in [2.05, 4.69) is 4.90 Å². The van der Waals surface area contributed by atoms with Crippen molar-refractivity contribution in [1.29, 1.82) is 0 Å². The van der Waals surface area contributed by atoms with Crippen LogP contribution < -0.4 is 0 Å². The van der Waals surface area contributed by atoms with Gasteiger partial charge in [0.1, 0.15) is 11.9 Å². The summed E-state index contributed by atoms with van der Waals surface area (Å²) in [7, 11) is 0. The van der Waals surface area contributed by atoms with E-state index < -0.39 is 0 Å². The Morgan fingerprint density at radius 1 is 0.931 bits per heavy atom. The lowest BCUT2D eigenvalue weighted by Crippen LogP contribution is -2.53.